The molecule has 0 bridgehead atoms. The van der Waals surface area contributed by atoms with Crippen molar-refractivity contribution >= 4 is 11.6 Å². The topological polar surface area (TPSA) is 75.9 Å². The van der Waals surface area contributed by atoms with E-state index in [9.17, 15) is 4.79 Å². The lowest BCUT2D eigenvalue weighted by Gasteiger charge is -2.27. The molecule has 3 heterocycles. The van der Waals surface area contributed by atoms with Crippen LogP contribution in [-0.2, 0) is 24.3 Å². The molecule has 1 aliphatic rings. The van der Waals surface area contributed by atoms with E-state index in [1.807, 2.05) is 6.07 Å². The second-order valence-electron chi connectivity index (χ2n) is 5.04. The van der Waals surface area contributed by atoms with Gasteiger partial charge in [0.1, 0.15) is 11.6 Å². The Balaban J connectivity index is 1.58. The smallest absolute Gasteiger partial charge is 0.238 e. The maximum absolute atomic E-state index is 12.0. The van der Waals surface area contributed by atoms with Crippen LogP contribution in [0.5, 0.6) is 0 Å². The first-order chi connectivity index (χ1) is 10.3. The third kappa shape index (κ3) is 3.08. The lowest BCUT2D eigenvalue weighted by atomic mass is 10.3. The predicted molar refractivity (Wildman–Crippen MR) is 77.5 cm³/mol. The van der Waals surface area contributed by atoms with Crippen molar-refractivity contribution in [1.82, 2.24) is 24.6 Å². The van der Waals surface area contributed by atoms with E-state index in [2.05, 4.69) is 36.9 Å². The summed E-state index contributed by atoms with van der Waals surface area (Å²) in [6, 6.07) is 3.62. The van der Waals surface area contributed by atoms with Gasteiger partial charge in [-0.15, -0.1) is 10.2 Å². The van der Waals surface area contributed by atoms with Gasteiger partial charge < -0.3 is 9.88 Å². The van der Waals surface area contributed by atoms with Crippen molar-refractivity contribution in [3.63, 3.8) is 0 Å². The average Bonchev–Trinajstić information content (AvgIpc) is 2.90. The van der Waals surface area contributed by atoms with Gasteiger partial charge in [0.2, 0.25) is 5.91 Å². The number of amides is 1. The molecule has 1 N–H and O–H groups in total. The second-order valence-corrected chi connectivity index (χ2v) is 5.04. The molecule has 0 aliphatic carbocycles. The molecule has 3 rings (SSSR count). The summed E-state index contributed by atoms with van der Waals surface area (Å²) < 4.78 is 2.15. The van der Waals surface area contributed by atoms with Gasteiger partial charge in [-0.25, -0.2) is 0 Å². The molecular weight excluding hydrogens is 268 g/mol. The maximum atomic E-state index is 12.0. The number of aromatic nitrogens is 4. The fourth-order valence-corrected chi connectivity index (χ4v) is 2.50. The summed E-state index contributed by atoms with van der Waals surface area (Å²) in [6.45, 7) is 4.76. The van der Waals surface area contributed by atoms with Crippen LogP contribution >= 0.6 is 0 Å². The van der Waals surface area contributed by atoms with Gasteiger partial charge in [-0.3, -0.25) is 14.7 Å². The van der Waals surface area contributed by atoms with E-state index in [-0.39, 0.29) is 5.91 Å². The summed E-state index contributed by atoms with van der Waals surface area (Å²) in [5, 5.41) is 11.2. The standard InChI is InChI=1S/C14H18N6O/c1-2-12-17-18-13-9-19(6-7-20(12)13)10-14(21)16-11-4-3-5-15-8-11/h3-5,8H,2,6-7,9-10H2,1H3,(H,16,21). The number of rotatable bonds is 4. The Bertz CT molecular complexity index is 624. The first-order valence-electron chi connectivity index (χ1n) is 7.09. The number of anilines is 1. The molecule has 21 heavy (non-hydrogen) atoms. The summed E-state index contributed by atoms with van der Waals surface area (Å²) in [5.41, 5.74) is 0.718. The molecule has 0 saturated heterocycles. The van der Waals surface area contributed by atoms with Crippen molar-refractivity contribution in [2.24, 2.45) is 0 Å². The maximum Gasteiger partial charge on any atom is 0.238 e. The number of pyridine rings is 1. The number of fused-ring (bicyclic) bond motifs is 1. The number of carbonyl (C=O) groups excluding carboxylic acids is 1. The first-order valence-corrected chi connectivity index (χ1v) is 7.09. The van der Waals surface area contributed by atoms with Crippen molar-refractivity contribution in [3.05, 3.63) is 36.2 Å². The molecule has 7 nitrogen and oxygen atoms in total. The molecule has 0 fully saturated rings. The van der Waals surface area contributed by atoms with Crippen LogP contribution in [0.25, 0.3) is 0 Å². The molecule has 0 unspecified atom stereocenters. The zero-order valence-electron chi connectivity index (χ0n) is 12.0. The Labute approximate surface area is 123 Å². The van der Waals surface area contributed by atoms with E-state index in [4.69, 9.17) is 0 Å². The number of aryl methyl sites for hydroxylation is 1. The van der Waals surface area contributed by atoms with Crippen LogP contribution in [0.4, 0.5) is 5.69 Å². The van der Waals surface area contributed by atoms with Gasteiger partial charge in [0, 0.05) is 25.7 Å². The van der Waals surface area contributed by atoms with Crippen LogP contribution in [-0.4, -0.2) is 43.6 Å². The summed E-state index contributed by atoms with van der Waals surface area (Å²) in [6.07, 6.45) is 4.20. The molecule has 1 aliphatic heterocycles. The van der Waals surface area contributed by atoms with Gasteiger partial charge in [-0.2, -0.15) is 0 Å². The van der Waals surface area contributed by atoms with Crippen LogP contribution in [0.3, 0.4) is 0 Å². The van der Waals surface area contributed by atoms with Gasteiger partial charge in [0.25, 0.3) is 0 Å². The second kappa shape index (κ2) is 6.01. The van der Waals surface area contributed by atoms with E-state index in [0.717, 1.165) is 36.8 Å². The average molecular weight is 286 g/mol. The molecule has 2 aromatic rings. The van der Waals surface area contributed by atoms with Crippen molar-refractivity contribution in [2.75, 3.05) is 18.4 Å². The SMILES string of the molecule is CCc1nnc2n1CCN(CC(=O)Nc1cccnc1)C2. The third-order valence-corrected chi connectivity index (χ3v) is 3.54. The number of hydrogen-bond donors (Lipinski definition) is 1. The Morgan fingerprint density at radius 2 is 2.29 bits per heavy atom. The predicted octanol–water partition coefficient (Wildman–Crippen LogP) is 0.690. The fraction of sp³-hybridized carbons (Fsp3) is 0.429. The Morgan fingerprint density at radius 1 is 1.38 bits per heavy atom. The monoisotopic (exact) mass is 286 g/mol. The molecule has 0 atom stereocenters. The van der Waals surface area contributed by atoms with Crippen molar-refractivity contribution < 1.29 is 4.79 Å². The summed E-state index contributed by atoms with van der Waals surface area (Å²) >= 11 is 0. The van der Waals surface area contributed by atoms with E-state index in [1.54, 1.807) is 18.5 Å². The van der Waals surface area contributed by atoms with Crippen LogP contribution in [0.1, 0.15) is 18.6 Å². The molecule has 7 heteroatoms. The third-order valence-electron chi connectivity index (χ3n) is 3.54. The van der Waals surface area contributed by atoms with Crippen LogP contribution in [0.15, 0.2) is 24.5 Å². The highest BCUT2D eigenvalue weighted by molar-refractivity contribution is 5.92. The molecule has 110 valence electrons. The van der Waals surface area contributed by atoms with Crippen LogP contribution in [0.2, 0.25) is 0 Å². The summed E-state index contributed by atoms with van der Waals surface area (Å²) in [5.74, 6) is 1.92. The van der Waals surface area contributed by atoms with E-state index in [1.165, 1.54) is 0 Å². The lowest BCUT2D eigenvalue weighted by molar-refractivity contribution is -0.117. The molecule has 2 aromatic heterocycles. The normalized spacial score (nSPS) is 14.7. The Morgan fingerprint density at radius 3 is 3.05 bits per heavy atom. The lowest BCUT2D eigenvalue weighted by Crippen LogP contribution is -2.39. The van der Waals surface area contributed by atoms with E-state index >= 15 is 0 Å². The number of carbonyl (C=O) groups is 1. The molecule has 1 amide bonds. The molecule has 0 saturated carbocycles. The van der Waals surface area contributed by atoms with Crippen molar-refractivity contribution in [3.8, 4) is 0 Å². The minimum atomic E-state index is -0.0355. The van der Waals surface area contributed by atoms with Crippen LogP contribution in [0, 0.1) is 0 Å². The number of hydrogen-bond acceptors (Lipinski definition) is 5. The number of nitrogens with zero attached hydrogens (tertiary/aromatic N) is 5. The summed E-state index contributed by atoms with van der Waals surface area (Å²) in [4.78, 5) is 18.1. The minimum Gasteiger partial charge on any atom is -0.324 e. The number of nitrogens with one attached hydrogen (secondary N) is 1. The van der Waals surface area contributed by atoms with E-state index < -0.39 is 0 Å². The zero-order chi connectivity index (χ0) is 14.7. The minimum absolute atomic E-state index is 0.0355. The quantitative estimate of drug-likeness (QED) is 0.895. The molecular formula is C14H18N6O. The Hall–Kier alpha value is -2.28. The first kappa shape index (κ1) is 13.7. The fourth-order valence-electron chi connectivity index (χ4n) is 2.50. The zero-order valence-corrected chi connectivity index (χ0v) is 12.0. The molecule has 0 spiro atoms. The van der Waals surface area contributed by atoms with Gasteiger partial charge in [0.05, 0.1) is 25.0 Å². The largest absolute Gasteiger partial charge is 0.324 e. The summed E-state index contributed by atoms with van der Waals surface area (Å²) in [7, 11) is 0. The van der Waals surface area contributed by atoms with Crippen molar-refractivity contribution in [1.29, 1.82) is 0 Å². The highest BCUT2D eigenvalue weighted by Crippen LogP contribution is 2.12. The molecule has 0 aromatic carbocycles. The Kier molecular flexibility index (Phi) is 3.92. The van der Waals surface area contributed by atoms with Crippen molar-refractivity contribution in [2.45, 2.75) is 26.4 Å². The highest BCUT2D eigenvalue weighted by Gasteiger charge is 2.21. The van der Waals surface area contributed by atoms with Gasteiger partial charge >= 0.3 is 0 Å². The highest BCUT2D eigenvalue weighted by atomic mass is 16.2. The van der Waals surface area contributed by atoms with Crippen LogP contribution < -0.4 is 5.32 Å². The van der Waals surface area contributed by atoms with Gasteiger partial charge in [-0.1, -0.05) is 6.92 Å². The van der Waals surface area contributed by atoms with E-state index in [0.29, 0.717) is 13.1 Å². The van der Waals surface area contributed by atoms with Gasteiger partial charge in [-0.05, 0) is 12.1 Å². The molecule has 0 radical (unpaired) electrons. The van der Waals surface area contributed by atoms with Gasteiger partial charge in [0.15, 0.2) is 0 Å².